The first-order chi connectivity index (χ1) is 23.0. The normalized spacial score (nSPS) is 18.2. The van der Waals surface area contributed by atoms with Crippen LogP contribution >= 0.6 is 11.6 Å². The molecule has 3 N–H and O–H groups in total. The fourth-order valence-electron chi connectivity index (χ4n) is 6.06. The molecule has 0 spiro atoms. The van der Waals surface area contributed by atoms with Crippen molar-refractivity contribution in [2.45, 2.75) is 75.5 Å². The van der Waals surface area contributed by atoms with Crippen molar-refractivity contribution in [3.05, 3.63) is 53.3 Å². The summed E-state index contributed by atoms with van der Waals surface area (Å²) in [6, 6.07) is 8.47. The van der Waals surface area contributed by atoms with Crippen LogP contribution in [-0.4, -0.2) is 81.6 Å². The van der Waals surface area contributed by atoms with Crippen LogP contribution in [0.3, 0.4) is 0 Å². The fourth-order valence-corrected chi connectivity index (χ4v) is 7.23. The number of carboxylic acid groups (broad SMARTS) is 1. The second-order valence-electron chi connectivity index (χ2n) is 13.0. The summed E-state index contributed by atoms with van der Waals surface area (Å²) in [5.74, 6) is -0.178. The molecule has 2 aliphatic rings. The van der Waals surface area contributed by atoms with Gasteiger partial charge in [0, 0.05) is 30.9 Å². The number of hydrogen-bond acceptors (Lipinski definition) is 9. The van der Waals surface area contributed by atoms with Gasteiger partial charge in [-0.3, -0.25) is 4.79 Å². The molecular formula is C31H37ClF3N7O6S. The third-order valence-corrected chi connectivity index (χ3v) is 10.4. The highest BCUT2D eigenvalue weighted by atomic mass is 35.5. The Morgan fingerprint density at radius 3 is 2.53 bits per heavy atom. The van der Waals surface area contributed by atoms with Gasteiger partial charge in [0.25, 0.3) is 15.9 Å². The molecular weight excluding hydrogens is 691 g/mol. The number of carbonyl (C=O) groups is 2. The van der Waals surface area contributed by atoms with Crippen LogP contribution in [0.5, 0.6) is 5.88 Å². The minimum Gasteiger partial charge on any atom is -0.477 e. The second-order valence-corrected chi connectivity index (χ2v) is 15.0. The van der Waals surface area contributed by atoms with Crippen molar-refractivity contribution < 1.29 is 41.0 Å². The summed E-state index contributed by atoms with van der Waals surface area (Å²) < 4.78 is 74.1. The predicted octanol–water partition coefficient (Wildman–Crippen LogP) is 5.91. The number of carbonyl (C=O) groups excluding carboxylic acids is 1. The lowest BCUT2D eigenvalue weighted by atomic mass is 9.93. The van der Waals surface area contributed by atoms with Gasteiger partial charge in [-0.1, -0.05) is 17.7 Å². The number of anilines is 1. The van der Waals surface area contributed by atoms with Crippen molar-refractivity contribution in [3.8, 4) is 11.7 Å². The Balaban J connectivity index is 1.11. The first kappa shape index (κ1) is 36.2. The highest BCUT2D eigenvalue weighted by molar-refractivity contribution is 7.90. The second kappa shape index (κ2) is 14.0. The van der Waals surface area contributed by atoms with Crippen molar-refractivity contribution in [1.29, 1.82) is 0 Å². The van der Waals surface area contributed by atoms with Gasteiger partial charge in [0.15, 0.2) is 10.8 Å². The molecule has 1 saturated carbocycles. The molecule has 3 aromatic rings. The van der Waals surface area contributed by atoms with Gasteiger partial charge in [0.1, 0.15) is 11.0 Å². The van der Waals surface area contributed by atoms with E-state index in [2.05, 4.69) is 20.4 Å². The zero-order chi connectivity index (χ0) is 35.6. The summed E-state index contributed by atoms with van der Waals surface area (Å²) in [4.78, 5) is 34.1. The van der Waals surface area contributed by atoms with Crippen LogP contribution in [0.15, 0.2) is 47.6 Å². The van der Waals surface area contributed by atoms with Gasteiger partial charge in [-0.15, -0.1) is 5.10 Å². The Morgan fingerprint density at radius 1 is 1.12 bits per heavy atom. The standard InChI is InChI=1S/C31H37ClF3N7O6S/c1-29(2)18-20(19-41(29)28(44)45)6-4-15-36-22-7-3-8-25(37-22)49(46,47)40-27(43)21-9-10-23(38-26(21)32)42-16-11-24(39-42)48-17-5-12-30(13-14-30)31(33,34)35/h3,7-11,16,20H,4-6,12-15,17-19H2,1-2H3,(H,36,37)(H,40,43)(H,44,45). The lowest BCUT2D eigenvalue weighted by Gasteiger charge is -2.28. The third kappa shape index (κ3) is 8.55. The molecule has 266 valence electrons. The van der Waals surface area contributed by atoms with Crippen LogP contribution in [0.1, 0.15) is 69.2 Å². The zero-order valence-corrected chi connectivity index (χ0v) is 28.4. The smallest absolute Gasteiger partial charge is 0.407 e. The number of likely N-dealkylation sites (tertiary alicyclic amines) is 1. The summed E-state index contributed by atoms with van der Waals surface area (Å²) in [6.07, 6.45) is -0.919. The van der Waals surface area contributed by atoms with Crippen LogP contribution in [0, 0.1) is 11.3 Å². The number of hydrogen-bond donors (Lipinski definition) is 3. The van der Waals surface area contributed by atoms with E-state index in [0.29, 0.717) is 19.5 Å². The molecule has 1 unspecified atom stereocenters. The van der Waals surface area contributed by atoms with E-state index in [1.165, 1.54) is 46.1 Å². The van der Waals surface area contributed by atoms with Crippen molar-refractivity contribution in [2.24, 2.45) is 11.3 Å². The third-order valence-electron chi connectivity index (χ3n) is 8.89. The summed E-state index contributed by atoms with van der Waals surface area (Å²) in [7, 11) is -4.40. The topological polar surface area (TPSA) is 169 Å². The molecule has 1 aliphatic carbocycles. The van der Waals surface area contributed by atoms with Crippen LogP contribution in [0.2, 0.25) is 5.15 Å². The van der Waals surface area contributed by atoms with Gasteiger partial charge in [0.2, 0.25) is 5.88 Å². The molecule has 18 heteroatoms. The minimum absolute atomic E-state index is 0.0108. The SMILES string of the molecule is CC1(C)CC(CCCNc2cccc(S(=O)(=O)NC(=O)c3ccc(-n4ccc(OCCCC5(C(F)(F)F)CC5)n4)nc3Cl)n2)CN1C(=O)O. The first-order valence-corrected chi connectivity index (χ1v) is 17.6. The molecule has 5 rings (SSSR count). The van der Waals surface area contributed by atoms with Crippen LogP contribution in [0.25, 0.3) is 5.82 Å². The van der Waals surface area contributed by atoms with E-state index < -0.39 is 44.2 Å². The van der Waals surface area contributed by atoms with Gasteiger partial charge in [0.05, 0.1) is 17.6 Å². The Labute approximate surface area is 286 Å². The number of alkyl halides is 3. The van der Waals surface area contributed by atoms with Crippen LogP contribution in [0.4, 0.5) is 23.8 Å². The average molecular weight is 728 g/mol. The van der Waals surface area contributed by atoms with E-state index in [1.807, 2.05) is 18.6 Å². The summed E-state index contributed by atoms with van der Waals surface area (Å²) in [6.45, 7) is 4.81. The Bertz CT molecular complexity index is 1800. The number of halogens is 4. The van der Waals surface area contributed by atoms with E-state index in [0.717, 1.165) is 12.8 Å². The van der Waals surface area contributed by atoms with Gasteiger partial charge in [-0.25, -0.2) is 24.2 Å². The van der Waals surface area contributed by atoms with E-state index in [1.54, 1.807) is 6.07 Å². The lowest BCUT2D eigenvalue weighted by Crippen LogP contribution is -2.41. The monoisotopic (exact) mass is 727 g/mol. The molecule has 1 aliphatic heterocycles. The van der Waals surface area contributed by atoms with Gasteiger partial charge < -0.3 is 20.1 Å². The van der Waals surface area contributed by atoms with E-state index >= 15 is 0 Å². The minimum atomic E-state index is -4.40. The van der Waals surface area contributed by atoms with Crippen LogP contribution in [-0.2, 0) is 10.0 Å². The van der Waals surface area contributed by atoms with Gasteiger partial charge in [-0.2, -0.15) is 21.6 Å². The number of pyridine rings is 2. The largest absolute Gasteiger partial charge is 0.477 e. The lowest BCUT2D eigenvalue weighted by molar-refractivity contribution is -0.189. The molecule has 0 aromatic carbocycles. The summed E-state index contributed by atoms with van der Waals surface area (Å²) in [5, 5.41) is 16.0. The molecule has 1 saturated heterocycles. The number of amides is 2. The number of ether oxygens (including phenoxy) is 1. The molecule has 13 nitrogen and oxygen atoms in total. The van der Waals surface area contributed by atoms with E-state index in [9.17, 15) is 36.3 Å². The Kier molecular flexibility index (Phi) is 10.3. The van der Waals surface area contributed by atoms with E-state index in [-0.39, 0.29) is 66.4 Å². The van der Waals surface area contributed by atoms with Gasteiger partial charge >= 0.3 is 12.3 Å². The Morgan fingerprint density at radius 2 is 1.88 bits per heavy atom. The molecule has 0 radical (unpaired) electrons. The maximum absolute atomic E-state index is 13.1. The van der Waals surface area contributed by atoms with Crippen LogP contribution < -0.4 is 14.8 Å². The van der Waals surface area contributed by atoms with Crippen molar-refractivity contribution >= 4 is 39.4 Å². The fraction of sp³-hybridized carbons (Fsp3) is 0.516. The van der Waals surface area contributed by atoms with Crippen molar-refractivity contribution in [3.63, 3.8) is 0 Å². The molecule has 3 aromatic heterocycles. The number of aromatic nitrogens is 4. The zero-order valence-electron chi connectivity index (χ0n) is 26.8. The molecule has 4 heterocycles. The van der Waals surface area contributed by atoms with Gasteiger partial charge in [-0.05, 0) is 89.0 Å². The molecule has 1 atom stereocenters. The highest BCUT2D eigenvalue weighted by Crippen LogP contribution is 2.60. The van der Waals surface area contributed by atoms with E-state index in [4.69, 9.17) is 16.3 Å². The maximum atomic E-state index is 13.1. The molecule has 49 heavy (non-hydrogen) atoms. The number of nitrogens with zero attached hydrogens (tertiary/aromatic N) is 5. The maximum Gasteiger partial charge on any atom is 0.407 e. The van der Waals surface area contributed by atoms with Crippen molar-refractivity contribution in [2.75, 3.05) is 25.0 Å². The molecule has 2 amide bonds. The number of sulfonamides is 1. The number of rotatable bonds is 14. The van der Waals surface area contributed by atoms with Crippen molar-refractivity contribution in [1.82, 2.24) is 29.4 Å². The predicted molar refractivity (Wildman–Crippen MR) is 172 cm³/mol. The summed E-state index contributed by atoms with van der Waals surface area (Å²) >= 11 is 6.24. The Hall–Kier alpha value is -4.12. The highest BCUT2D eigenvalue weighted by Gasteiger charge is 2.62. The average Bonchev–Trinajstić information content (AvgIpc) is 3.57. The quantitative estimate of drug-likeness (QED) is 0.134. The first-order valence-electron chi connectivity index (χ1n) is 15.7. The molecule has 2 fully saturated rings. The molecule has 0 bridgehead atoms. The summed E-state index contributed by atoms with van der Waals surface area (Å²) in [5.41, 5.74) is -2.23. The number of nitrogens with one attached hydrogen (secondary N) is 2.